The van der Waals surface area contributed by atoms with E-state index in [1.54, 1.807) is 0 Å². The second-order valence-corrected chi connectivity index (χ2v) is 5.47. The predicted octanol–water partition coefficient (Wildman–Crippen LogP) is 4.41. The van der Waals surface area contributed by atoms with Crippen molar-refractivity contribution in [3.8, 4) is 5.75 Å². The maximum absolute atomic E-state index is 5.99. The van der Waals surface area contributed by atoms with Crippen LogP contribution in [-0.4, -0.2) is 11.5 Å². The lowest BCUT2D eigenvalue weighted by Gasteiger charge is -2.13. The second kappa shape index (κ2) is 7.11. The molecule has 0 aliphatic carbocycles. The molecule has 0 atom stereocenters. The molecule has 112 valence electrons. The minimum absolute atomic E-state index is 0.563. The molecule has 3 nitrogen and oxygen atoms in total. The van der Waals surface area contributed by atoms with E-state index in [1.807, 2.05) is 18.3 Å². The molecule has 0 aliphatic rings. The zero-order valence-corrected chi connectivity index (χ0v) is 13.4. The van der Waals surface area contributed by atoms with Crippen molar-refractivity contribution in [1.29, 1.82) is 0 Å². The Hall–Kier alpha value is -2.03. The zero-order valence-electron chi connectivity index (χ0n) is 13.4. The Kier molecular flexibility index (Phi) is 5.20. The van der Waals surface area contributed by atoms with Crippen LogP contribution in [0.25, 0.3) is 0 Å². The van der Waals surface area contributed by atoms with Gasteiger partial charge in [0.2, 0.25) is 0 Å². The average molecular weight is 284 g/mol. The first-order chi connectivity index (χ1) is 10.1. The number of rotatable bonds is 6. The van der Waals surface area contributed by atoms with Crippen LogP contribution in [0.4, 0.5) is 5.82 Å². The third-order valence-electron chi connectivity index (χ3n) is 3.54. The van der Waals surface area contributed by atoms with Crippen molar-refractivity contribution in [2.24, 2.45) is 0 Å². The van der Waals surface area contributed by atoms with Crippen LogP contribution in [-0.2, 0) is 6.61 Å². The lowest BCUT2D eigenvalue weighted by atomic mass is 10.1. The Morgan fingerprint density at radius 2 is 1.95 bits per heavy atom. The molecule has 3 heteroatoms. The number of anilines is 1. The molecule has 2 rings (SSSR count). The van der Waals surface area contributed by atoms with E-state index in [1.165, 1.54) is 16.7 Å². The highest BCUT2D eigenvalue weighted by Crippen LogP contribution is 2.24. The topological polar surface area (TPSA) is 34.1 Å². The van der Waals surface area contributed by atoms with E-state index in [2.05, 4.69) is 50.1 Å². The highest BCUT2D eigenvalue weighted by atomic mass is 16.5. The van der Waals surface area contributed by atoms with Gasteiger partial charge >= 0.3 is 0 Å². The Bertz CT molecular complexity index is 608. The lowest BCUT2D eigenvalue weighted by Crippen LogP contribution is -2.04. The van der Waals surface area contributed by atoms with Gasteiger partial charge in [0.15, 0.2) is 0 Å². The highest BCUT2D eigenvalue weighted by molar-refractivity contribution is 5.42. The van der Waals surface area contributed by atoms with Gasteiger partial charge < -0.3 is 10.1 Å². The number of pyridine rings is 1. The quantitative estimate of drug-likeness (QED) is 0.853. The summed E-state index contributed by atoms with van der Waals surface area (Å²) in [6.07, 6.45) is 2.91. The molecule has 21 heavy (non-hydrogen) atoms. The van der Waals surface area contributed by atoms with Crippen LogP contribution in [0.15, 0.2) is 30.5 Å². The van der Waals surface area contributed by atoms with Crippen molar-refractivity contribution in [3.63, 3.8) is 0 Å². The van der Waals surface area contributed by atoms with E-state index >= 15 is 0 Å². The van der Waals surface area contributed by atoms with Gasteiger partial charge in [-0.15, -0.1) is 0 Å². The molecule has 1 aromatic heterocycles. The number of nitrogens with one attached hydrogen (secondary N) is 1. The summed E-state index contributed by atoms with van der Waals surface area (Å²) >= 11 is 0. The van der Waals surface area contributed by atoms with Gasteiger partial charge in [-0.2, -0.15) is 0 Å². The normalized spacial score (nSPS) is 10.5. The van der Waals surface area contributed by atoms with Crippen molar-refractivity contribution >= 4 is 5.82 Å². The van der Waals surface area contributed by atoms with Crippen LogP contribution >= 0.6 is 0 Å². The van der Waals surface area contributed by atoms with Crippen LogP contribution in [0.3, 0.4) is 0 Å². The monoisotopic (exact) mass is 284 g/mol. The predicted molar refractivity (Wildman–Crippen MR) is 88.0 cm³/mol. The van der Waals surface area contributed by atoms with Gasteiger partial charge in [-0.3, -0.25) is 0 Å². The van der Waals surface area contributed by atoms with Crippen LogP contribution in [0.2, 0.25) is 0 Å². The van der Waals surface area contributed by atoms with Crippen LogP contribution in [0, 0.1) is 20.8 Å². The second-order valence-electron chi connectivity index (χ2n) is 5.47. The van der Waals surface area contributed by atoms with E-state index in [9.17, 15) is 0 Å². The highest BCUT2D eigenvalue weighted by Gasteiger charge is 2.05. The summed E-state index contributed by atoms with van der Waals surface area (Å²) in [5.41, 5.74) is 4.83. The summed E-state index contributed by atoms with van der Waals surface area (Å²) in [6.45, 7) is 9.96. The van der Waals surface area contributed by atoms with E-state index in [4.69, 9.17) is 4.74 Å². The first-order valence-corrected chi connectivity index (χ1v) is 7.49. The van der Waals surface area contributed by atoms with E-state index in [-0.39, 0.29) is 0 Å². The minimum Gasteiger partial charge on any atom is -0.489 e. The minimum atomic E-state index is 0.563. The van der Waals surface area contributed by atoms with Gasteiger partial charge in [-0.1, -0.05) is 13.0 Å². The summed E-state index contributed by atoms with van der Waals surface area (Å²) in [5.74, 6) is 1.88. The van der Waals surface area contributed by atoms with Crippen molar-refractivity contribution in [3.05, 3.63) is 52.7 Å². The molecular formula is C18H24N2O. The molecule has 1 N–H and O–H groups in total. The molecule has 1 aromatic carbocycles. The number of hydrogen-bond donors (Lipinski definition) is 1. The molecule has 0 aliphatic heterocycles. The fourth-order valence-electron chi connectivity index (χ4n) is 2.23. The molecule has 0 saturated carbocycles. The third kappa shape index (κ3) is 4.22. The maximum atomic E-state index is 5.99. The Morgan fingerprint density at radius 3 is 2.71 bits per heavy atom. The molecule has 0 radical (unpaired) electrons. The van der Waals surface area contributed by atoms with Gasteiger partial charge in [0.25, 0.3) is 0 Å². The molecule has 0 saturated heterocycles. The largest absolute Gasteiger partial charge is 0.489 e. The first kappa shape index (κ1) is 15.4. The van der Waals surface area contributed by atoms with Gasteiger partial charge in [0, 0.05) is 12.7 Å². The molecule has 0 unspecified atom stereocenters. The first-order valence-electron chi connectivity index (χ1n) is 7.49. The van der Waals surface area contributed by atoms with Crippen molar-refractivity contribution in [2.45, 2.75) is 40.7 Å². The van der Waals surface area contributed by atoms with Crippen LogP contribution in [0.1, 0.15) is 35.6 Å². The fraction of sp³-hybridized carbons (Fsp3) is 0.389. The van der Waals surface area contributed by atoms with Gasteiger partial charge in [-0.05, 0) is 67.6 Å². The summed E-state index contributed by atoms with van der Waals surface area (Å²) in [4.78, 5) is 4.31. The van der Waals surface area contributed by atoms with Crippen molar-refractivity contribution in [2.75, 3.05) is 11.9 Å². The Labute approximate surface area is 127 Å². The molecule has 0 bridgehead atoms. The number of benzene rings is 1. The number of hydrogen-bond acceptors (Lipinski definition) is 3. The molecule has 0 spiro atoms. The third-order valence-corrected chi connectivity index (χ3v) is 3.54. The summed E-state index contributed by atoms with van der Waals surface area (Å²) in [6, 6.07) is 8.32. The average Bonchev–Trinajstić information content (AvgIpc) is 2.47. The van der Waals surface area contributed by atoms with Crippen LogP contribution < -0.4 is 10.1 Å². The number of nitrogens with zero attached hydrogens (tertiary/aromatic N) is 1. The molecule has 2 aromatic rings. The standard InChI is InChI=1S/C18H24N2O/c1-5-7-19-18-11-16(6-8-20-18)12-21-17-10-13(2)9-14(3)15(17)4/h6,8-11H,5,7,12H2,1-4H3,(H,19,20). The van der Waals surface area contributed by atoms with Gasteiger partial charge in [0.1, 0.15) is 18.2 Å². The maximum Gasteiger partial charge on any atom is 0.126 e. The van der Waals surface area contributed by atoms with Crippen molar-refractivity contribution < 1.29 is 4.74 Å². The number of aryl methyl sites for hydroxylation is 2. The van der Waals surface area contributed by atoms with Crippen molar-refractivity contribution in [1.82, 2.24) is 4.98 Å². The molecule has 0 fully saturated rings. The number of ether oxygens (including phenoxy) is 1. The Balaban J connectivity index is 2.06. The fourth-order valence-corrected chi connectivity index (χ4v) is 2.23. The summed E-state index contributed by atoms with van der Waals surface area (Å²) in [7, 11) is 0. The van der Waals surface area contributed by atoms with Gasteiger partial charge in [0.05, 0.1) is 0 Å². The number of aromatic nitrogens is 1. The molecule has 1 heterocycles. The van der Waals surface area contributed by atoms with E-state index in [0.29, 0.717) is 6.61 Å². The zero-order chi connectivity index (χ0) is 15.2. The summed E-state index contributed by atoms with van der Waals surface area (Å²) < 4.78 is 5.99. The van der Waals surface area contributed by atoms with Gasteiger partial charge in [-0.25, -0.2) is 4.98 Å². The molecule has 0 amide bonds. The van der Waals surface area contributed by atoms with Crippen LogP contribution in [0.5, 0.6) is 5.75 Å². The SMILES string of the molecule is CCCNc1cc(COc2cc(C)cc(C)c2C)ccn1. The molecular weight excluding hydrogens is 260 g/mol. The van der Waals surface area contributed by atoms with E-state index < -0.39 is 0 Å². The Morgan fingerprint density at radius 1 is 1.14 bits per heavy atom. The lowest BCUT2D eigenvalue weighted by molar-refractivity contribution is 0.303. The van der Waals surface area contributed by atoms with E-state index in [0.717, 1.165) is 30.1 Å². The smallest absolute Gasteiger partial charge is 0.126 e. The summed E-state index contributed by atoms with van der Waals surface area (Å²) in [5, 5.41) is 3.30.